The average molecular weight is 543 g/mol. The van der Waals surface area contributed by atoms with E-state index in [0.29, 0.717) is 27.2 Å². The van der Waals surface area contributed by atoms with E-state index in [1.807, 2.05) is 24.3 Å². The van der Waals surface area contributed by atoms with Crippen LogP contribution in [0.4, 0.5) is 5.69 Å². The normalized spacial score (nSPS) is 14.4. The van der Waals surface area contributed by atoms with E-state index in [1.54, 1.807) is 18.2 Å². The van der Waals surface area contributed by atoms with Crippen molar-refractivity contribution in [1.29, 1.82) is 0 Å². The highest BCUT2D eigenvalue weighted by atomic mass is 79.9. The number of rotatable bonds is 8. The number of hydrogen-bond acceptors (Lipinski definition) is 6. The van der Waals surface area contributed by atoms with Gasteiger partial charge in [0.2, 0.25) is 0 Å². The summed E-state index contributed by atoms with van der Waals surface area (Å²) in [5.74, 6) is 2.39. The van der Waals surface area contributed by atoms with E-state index in [9.17, 15) is 9.59 Å². The first-order chi connectivity index (χ1) is 16.3. The van der Waals surface area contributed by atoms with Crippen LogP contribution in [0.2, 0.25) is 0 Å². The third-order valence-corrected chi connectivity index (χ3v) is 6.10. The molecule has 0 atom stereocenters. The number of esters is 1. The van der Waals surface area contributed by atoms with Crippen LogP contribution in [0, 0.1) is 12.3 Å². The molecule has 1 aliphatic rings. The number of thiocarbonyl (C=S) groups is 1. The maximum Gasteiger partial charge on any atom is 0.325 e. The van der Waals surface area contributed by atoms with Gasteiger partial charge in [-0.15, -0.1) is 6.42 Å². The molecular formula is C25H23BrN2O5S. The first-order valence-corrected chi connectivity index (χ1v) is 11.5. The van der Waals surface area contributed by atoms with E-state index in [4.69, 9.17) is 32.9 Å². The van der Waals surface area contributed by atoms with Crippen molar-refractivity contribution in [2.24, 2.45) is 0 Å². The minimum absolute atomic E-state index is 0.0703. The molecule has 9 heteroatoms. The highest BCUT2D eigenvalue weighted by Gasteiger charge is 2.40. The Bertz CT molecular complexity index is 1190. The summed E-state index contributed by atoms with van der Waals surface area (Å²) in [6.45, 7) is 1.91. The Morgan fingerprint density at radius 3 is 2.53 bits per heavy atom. The predicted molar refractivity (Wildman–Crippen MR) is 138 cm³/mol. The number of benzene rings is 2. The van der Waals surface area contributed by atoms with E-state index >= 15 is 0 Å². The maximum absolute atomic E-state index is 13.5. The standard InChI is InChI=1S/C25H23BrN2O5S/c1-5-11-33-23-19(26)12-17(14-21(23)31-3)13-20-24(30)28(18-9-7-16(6-2)8-10-18)25(34)27(20)15-22(29)32-4/h1,7-10,12-14H,6,11,15H2,2-4H3/b20-13-. The molecule has 0 saturated carbocycles. The fraction of sp³-hybridized carbons (Fsp3) is 0.240. The molecule has 0 aromatic heterocycles. The molecule has 176 valence electrons. The van der Waals surface area contributed by atoms with Gasteiger partial charge in [-0.1, -0.05) is 25.0 Å². The number of hydrogen-bond donors (Lipinski definition) is 0. The van der Waals surface area contributed by atoms with Crippen LogP contribution in [-0.2, 0) is 20.7 Å². The quantitative estimate of drug-likeness (QED) is 0.214. The number of ether oxygens (including phenoxy) is 3. The lowest BCUT2D eigenvalue weighted by Crippen LogP contribution is -2.35. The first kappa shape index (κ1) is 25.3. The van der Waals surface area contributed by atoms with Gasteiger partial charge in [0.1, 0.15) is 18.8 Å². The van der Waals surface area contributed by atoms with Crippen molar-refractivity contribution in [2.75, 3.05) is 32.3 Å². The summed E-state index contributed by atoms with van der Waals surface area (Å²) in [6.07, 6.45) is 7.80. The summed E-state index contributed by atoms with van der Waals surface area (Å²) in [6, 6.07) is 11.0. The molecule has 0 aliphatic carbocycles. The lowest BCUT2D eigenvalue weighted by molar-refractivity contribution is -0.140. The van der Waals surface area contributed by atoms with Crippen molar-refractivity contribution in [3.05, 3.63) is 57.7 Å². The largest absolute Gasteiger partial charge is 0.493 e. The number of carbonyl (C=O) groups excluding carboxylic acids is 2. The number of aryl methyl sites for hydroxylation is 1. The summed E-state index contributed by atoms with van der Waals surface area (Å²) < 4.78 is 16.4. The van der Waals surface area contributed by atoms with Crippen molar-refractivity contribution in [3.63, 3.8) is 0 Å². The molecule has 0 spiro atoms. The molecule has 1 aliphatic heterocycles. The Morgan fingerprint density at radius 2 is 1.94 bits per heavy atom. The van der Waals surface area contributed by atoms with Crippen molar-refractivity contribution >= 4 is 56.9 Å². The smallest absolute Gasteiger partial charge is 0.325 e. The van der Waals surface area contributed by atoms with Gasteiger partial charge in [0.05, 0.1) is 24.4 Å². The Kier molecular flexibility index (Phi) is 8.31. The second-order valence-corrected chi connectivity index (χ2v) is 8.38. The van der Waals surface area contributed by atoms with Crippen LogP contribution in [0.1, 0.15) is 18.1 Å². The molecule has 2 aromatic carbocycles. The first-order valence-electron chi connectivity index (χ1n) is 10.3. The van der Waals surface area contributed by atoms with Crippen LogP contribution in [0.15, 0.2) is 46.6 Å². The summed E-state index contributed by atoms with van der Waals surface area (Å²) in [5.41, 5.74) is 2.59. The minimum atomic E-state index is -0.527. The topological polar surface area (TPSA) is 68.3 Å². The monoisotopic (exact) mass is 542 g/mol. The van der Waals surface area contributed by atoms with Crippen LogP contribution in [0.3, 0.4) is 0 Å². The van der Waals surface area contributed by atoms with Crippen LogP contribution < -0.4 is 14.4 Å². The Balaban J connectivity index is 2.06. The van der Waals surface area contributed by atoms with Gasteiger partial charge in [0.25, 0.3) is 5.91 Å². The Labute approximate surface area is 212 Å². The van der Waals surface area contributed by atoms with E-state index in [2.05, 4.69) is 28.8 Å². The SMILES string of the molecule is C#CCOc1c(Br)cc(/C=C2/C(=O)N(c3ccc(CC)cc3)C(=S)N2CC(=O)OC)cc1OC. The van der Waals surface area contributed by atoms with Crippen LogP contribution in [0.5, 0.6) is 11.5 Å². The molecule has 1 heterocycles. The third-order valence-electron chi connectivity index (χ3n) is 5.11. The van der Waals surface area contributed by atoms with Gasteiger partial charge in [-0.25, -0.2) is 0 Å². The van der Waals surface area contributed by atoms with E-state index < -0.39 is 5.97 Å². The van der Waals surface area contributed by atoms with Crippen molar-refractivity contribution in [1.82, 2.24) is 4.90 Å². The number of nitrogens with zero attached hydrogens (tertiary/aromatic N) is 2. The fourth-order valence-electron chi connectivity index (χ4n) is 3.37. The summed E-state index contributed by atoms with van der Waals surface area (Å²) in [5, 5.41) is 0.186. The second kappa shape index (κ2) is 11.2. The van der Waals surface area contributed by atoms with Crippen LogP contribution >= 0.6 is 28.1 Å². The highest BCUT2D eigenvalue weighted by molar-refractivity contribution is 9.10. The zero-order valence-corrected chi connectivity index (χ0v) is 21.4. The van der Waals surface area contributed by atoms with E-state index in [0.717, 1.165) is 12.0 Å². The maximum atomic E-state index is 13.5. The molecule has 1 amide bonds. The van der Waals surface area contributed by atoms with Gasteiger partial charge in [0, 0.05) is 0 Å². The fourth-order valence-corrected chi connectivity index (χ4v) is 4.30. The lowest BCUT2D eigenvalue weighted by atomic mass is 10.1. The molecule has 0 radical (unpaired) electrons. The highest BCUT2D eigenvalue weighted by Crippen LogP contribution is 2.38. The van der Waals surface area contributed by atoms with Crippen molar-refractivity contribution in [3.8, 4) is 23.8 Å². The number of halogens is 1. The number of carbonyl (C=O) groups is 2. The lowest BCUT2D eigenvalue weighted by Gasteiger charge is -2.19. The van der Waals surface area contributed by atoms with Gasteiger partial charge in [0.15, 0.2) is 16.6 Å². The molecule has 0 bridgehead atoms. The molecule has 1 saturated heterocycles. The summed E-state index contributed by atoms with van der Waals surface area (Å²) >= 11 is 9.06. The zero-order chi connectivity index (χ0) is 24.8. The summed E-state index contributed by atoms with van der Waals surface area (Å²) in [4.78, 5) is 28.5. The van der Waals surface area contributed by atoms with Gasteiger partial charge in [-0.2, -0.15) is 0 Å². The molecule has 0 N–H and O–H groups in total. The van der Waals surface area contributed by atoms with Crippen molar-refractivity contribution in [2.45, 2.75) is 13.3 Å². The zero-order valence-electron chi connectivity index (χ0n) is 19.0. The van der Waals surface area contributed by atoms with Crippen LogP contribution in [0.25, 0.3) is 6.08 Å². The van der Waals surface area contributed by atoms with Crippen molar-refractivity contribution < 1.29 is 23.8 Å². The molecule has 1 fully saturated rings. The Morgan fingerprint density at radius 1 is 1.24 bits per heavy atom. The number of amides is 1. The number of anilines is 1. The van der Waals surface area contributed by atoms with E-state index in [1.165, 1.54) is 24.0 Å². The molecule has 3 rings (SSSR count). The molecular weight excluding hydrogens is 520 g/mol. The number of terminal acetylenes is 1. The molecule has 34 heavy (non-hydrogen) atoms. The van der Waals surface area contributed by atoms with Gasteiger partial charge in [-0.3, -0.25) is 14.5 Å². The van der Waals surface area contributed by atoms with E-state index in [-0.39, 0.29) is 29.9 Å². The van der Waals surface area contributed by atoms with Gasteiger partial charge in [-0.05, 0) is 76.0 Å². The van der Waals surface area contributed by atoms with Crippen LogP contribution in [-0.4, -0.2) is 49.3 Å². The molecule has 2 aromatic rings. The molecule has 7 nitrogen and oxygen atoms in total. The summed E-state index contributed by atoms with van der Waals surface area (Å²) in [7, 11) is 2.79. The minimum Gasteiger partial charge on any atom is -0.493 e. The Hall–Kier alpha value is -3.35. The molecule has 0 unspecified atom stereocenters. The van der Waals surface area contributed by atoms with Gasteiger partial charge >= 0.3 is 5.97 Å². The third kappa shape index (κ3) is 5.24. The second-order valence-electron chi connectivity index (χ2n) is 7.16. The van der Waals surface area contributed by atoms with Gasteiger partial charge < -0.3 is 19.1 Å². The number of methoxy groups -OCH3 is 2. The predicted octanol–water partition coefficient (Wildman–Crippen LogP) is 4.18. The average Bonchev–Trinajstić information content (AvgIpc) is 3.06.